The van der Waals surface area contributed by atoms with Crippen molar-refractivity contribution in [2.24, 2.45) is 0 Å². The predicted octanol–water partition coefficient (Wildman–Crippen LogP) is 1.79. The van der Waals surface area contributed by atoms with E-state index in [0.29, 0.717) is 5.52 Å². The van der Waals surface area contributed by atoms with E-state index in [1.807, 2.05) is 24.3 Å². The van der Waals surface area contributed by atoms with Gasteiger partial charge in [-0.15, -0.1) is 0 Å². The molecule has 0 unspecified atom stereocenters. The normalized spacial score (nSPS) is 11.0. The predicted molar refractivity (Wildman–Crippen MR) is 98.3 cm³/mol. The molecule has 0 radical (unpaired) electrons. The van der Waals surface area contributed by atoms with Crippen LogP contribution in [0.2, 0.25) is 0 Å². The zero-order valence-corrected chi connectivity index (χ0v) is 14.8. The summed E-state index contributed by atoms with van der Waals surface area (Å²) in [5.41, 5.74) is 4.70. The Bertz CT molecular complexity index is 1060. The van der Waals surface area contributed by atoms with Crippen molar-refractivity contribution in [1.82, 2.24) is 14.5 Å². The number of phenolic OH excluding ortho intramolecular Hbond substituents is 1. The van der Waals surface area contributed by atoms with Crippen molar-refractivity contribution >= 4 is 21.9 Å². The summed E-state index contributed by atoms with van der Waals surface area (Å²) in [5.74, 6) is 1.05. The summed E-state index contributed by atoms with van der Waals surface area (Å²) in [6.07, 6.45) is 1.02. The van der Waals surface area contributed by atoms with Crippen LogP contribution < -0.4 is 18.9 Å². The zero-order valence-electron chi connectivity index (χ0n) is 15.8. The number of aromatic nitrogens is 3. The van der Waals surface area contributed by atoms with Crippen LogP contribution in [0, 0.1) is 6.92 Å². The monoisotopic (exact) mass is 325 g/mol. The second kappa shape index (κ2) is 6.91. The maximum atomic E-state index is 10.1. The third-order valence-electron chi connectivity index (χ3n) is 4.36. The van der Waals surface area contributed by atoms with E-state index in [4.69, 9.17) is 4.98 Å². The number of aryl methyl sites for hydroxylation is 2. The van der Waals surface area contributed by atoms with Gasteiger partial charge in [-0.05, 0) is 37.1 Å². The van der Waals surface area contributed by atoms with Crippen LogP contribution in [0.25, 0.3) is 33.5 Å². The first-order chi connectivity index (χ1) is 11.7. The molecular weight excluding hydrogens is 305 g/mol. The summed E-state index contributed by atoms with van der Waals surface area (Å²) in [7, 11) is 0. The minimum absolute atomic E-state index is 0. The number of hydrogen-bond acceptors (Lipinski definition) is 3. The average Bonchev–Trinajstić information content (AvgIpc) is 2.96. The second-order valence-electron chi connectivity index (χ2n) is 6.08. The fourth-order valence-electron chi connectivity index (χ4n) is 3.19. The summed E-state index contributed by atoms with van der Waals surface area (Å²) in [5, 5.41) is 11.0. The van der Waals surface area contributed by atoms with Crippen molar-refractivity contribution in [1.29, 1.82) is 0 Å². The molecule has 5 heteroatoms. The Kier molecular flexibility index (Phi) is 4.85. The van der Waals surface area contributed by atoms with E-state index in [1.165, 1.54) is 0 Å². The third kappa shape index (κ3) is 2.93. The SMILES string of the molecule is CCCn1c(-c2ccc3cccc(O)c3n2)nc2c(C)cccc21.[H-].[Li+]. The molecule has 0 bridgehead atoms. The van der Waals surface area contributed by atoms with Crippen molar-refractivity contribution in [2.75, 3.05) is 0 Å². The summed E-state index contributed by atoms with van der Waals surface area (Å²) >= 11 is 0. The molecule has 122 valence electrons. The van der Waals surface area contributed by atoms with Crippen molar-refractivity contribution in [3.63, 3.8) is 0 Å². The molecule has 0 amide bonds. The number of benzene rings is 2. The van der Waals surface area contributed by atoms with Gasteiger partial charge in [0, 0.05) is 11.9 Å². The topological polar surface area (TPSA) is 50.9 Å². The minimum Gasteiger partial charge on any atom is -1.00 e. The molecule has 0 saturated heterocycles. The van der Waals surface area contributed by atoms with Gasteiger partial charge in [0.25, 0.3) is 0 Å². The van der Waals surface area contributed by atoms with Crippen LogP contribution in [0.15, 0.2) is 48.5 Å². The van der Waals surface area contributed by atoms with E-state index in [-0.39, 0.29) is 26.0 Å². The molecule has 25 heavy (non-hydrogen) atoms. The molecule has 0 saturated carbocycles. The Morgan fingerprint density at radius 3 is 2.60 bits per heavy atom. The smallest absolute Gasteiger partial charge is 1.00 e. The first kappa shape index (κ1) is 17.5. The summed E-state index contributed by atoms with van der Waals surface area (Å²) in [4.78, 5) is 9.54. The second-order valence-corrected chi connectivity index (χ2v) is 6.08. The number of hydrogen-bond donors (Lipinski definition) is 1. The standard InChI is InChI=1S/C20H19N3O.Li.H/c1-3-12-23-16-8-4-6-13(2)18(16)22-20(23)15-11-10-14-7-5-9-17(24)19(14)21-15;;/h4-11,24H,3,12H2,1-2H3;;/q;+1;-1. The fraction of sp³-hybridized carbons (Fsp3) is 0.200. The maximum absolute atomic E-state index is 10.1. The van der Waals surface area contributed by atoms with Gasteiger partial charge < -0.3 is 11.1 Å². The van der Waals surface area contributed by atoms with Crippen LogP contribution in [0.5, 0.6) is 5.75 Å². The number of nitrogens with zero attached hydrogens (tertiary/aromatic N) is 3. The summed E-state index contributed by atoms with van der Waals surface area (Å²) in [6.45, 7) is 5.12. The van der Waals surface area contributed by atoms with Gasteiger partial charge >= 0.3 is 18.9 Å². The van der Waals surface area contributed by atoms with E-state index < -0.39 is 0 Å². The van der Waals surface area contributed by atoms with Gasteiger partial charge in [-0.3, -0.25) is 0 Å². The van der Waals surface area contributed by atoms with Crippen LogP contribution in [-0.2, 0) is 6.54 Å². The van der Waals surface area contributed by atoms with Crippen LogP contribution in [0.3, 0.4) is 0 Å². The molecule has 0 aliphatic carbocycles. The average molecular weight is 325 g/mol. The number of pyridine rings is 1. The molecule has 2 aromatic carbocycles. The molecule has 4 nitrogen and oxygen atoms in total. The fourth-order valence-corrected chi connectivity index (χ4v) is 3.19. The Hall–Kier alpha value is -2.28. The number of phenols is 1. The van der Waals surface area contributed by atoms with Gasteiger partial charge in [0.1, 0.15) is 17.0 Å². The first-order valence-electron chi connectivity index (χ1n) is 8.24. The van der Waals surface area contributed by atoms with Crippen LogP contribution >= 0.6 is 0 Å². The Morgan fingerprint density at radius 2 is 1.80 bits per heavy atom. The van der Waals surface area contributed by atoms with E-state index >= 15 is 0 Å². The van der Waals surface area contributed by atoms with Gasteiger partial charge in [0.05, 0.1) is 11.0 Å². The van der Waals surface area contributed by atoms with Crippen LogP contribution in [0.4, 0.5) is 0 Å². The van der Waals surface area contributed by atoms with E-state index in [0.717, 1.165) is 46.5 Å². The maximum Gasteiger partial charge on any atom is 1.00 e. The molecule has 1 N–H and O–H groups in total. The number of aromatic hydroxyl groups is 1. The van der Waals surface area contributed by atoms with E-state index in [2.05, 4.69) is 41.6 Å². The Labute approximate surface area is 160 Å². The van der Waals surface area contributed by atoms with Crippen molar-refractivity contribution in [2.45, 2.75) is 26.8 Å². The van der Waals surface area contributed by atoms with Gasteiger partial charge in [-0.1, -0.05) is 37.3 Å². The van der Waals surface area contributed by atoms with Crippen molar-refractivity contribution in [3.8, 4) is 17.3 Å². The summed E-state index contributed by atoms with van der Waals surface area (Å²) in [6, 6.07) is 15.7. The molecule has 2 aromatic heterocycles. The number of rotatable bonds is 3. The van der Waals surface area contributed by atoms with Gasteiger partial charge in [-0.25, -0.2) is 9.97 Å². The molecule has 4 rings (SSSR count). The Morgan fingerprint density at radius 1 is 1.00 bits per heavy atom. The molecule has 4 aromatic rings. The molecule has 2 heterocycles. The molecule has 0 spiro atoms. The third-order valence-corrected chi connectivity index (χ3v) is 4.36. The molecule has 0 aliphatic rings. The van der Waals surface area contributed by atoms with Crippen molar-refractivity contribution in [3.05, 3.63) is 54.1 Å². The van der Waals surface area contributed by atoms with Crippen molar-refractivity contribution < 1.29 is 25.4 Å². The largest absolute Gasteiger partial charge is 1.00 e. The molecule has 0 aliphatic heterocycles. The molecular formula is C20H20LiN3O. The quantitative estimate of drug-likeness (QED) is 0.584. The van der Waals surface area contributed by atoms with E-state index in [9.17, 15) is 5.11 Å². The number of imidazole rings is 1. The first-order valence-corrected chi connectivity index (χ1v) is 8.24. The minimum atomic E-state index is 0. The molecule has 0 atom stereocenters. The van der Waals surface area contributed by atoms with E-state index in [1.54, 1.807) is 6.07 Å². The van der Waals surface area contributed by atoms with Gasteiger partial charge in [0.2, 0.25) is 0 Å². The zero-order chi connectivity index (χ0) is 16.7. The number of fused-ring (bicyclic) bond motifs is 2. The van der Waals surface area contributed by atoms with Gasteiger partial charge in [-0.2, -0.15) is 0 Å². The summed E-state index contributed by atoms with van der Waals surface area (Å²) < 4.78 is 2.22. The Balaban J connectivity index is 0.00000121. The number of para-hydroxylation sites is 2. The molecule has 0 fully saturated rings. The van der Waals surface area contributed by atoms with Crippen LogP contribution in [-0.4, -0.2) is 19.6 Å². The van der Waals surface area contributed by atoms with Gasteiger partial charge in [0.15, 0.2) is 5.82 Å². The van der Waals surface area contributed by atoms with Crippen LogP contribution in [0.1, 0.15) is 20.3 Å².